The third kappa shape index (κ3) is 4.84. The van der Waals surface area contributed by atoms with E-state index in [0.29, 0.717) is 22.3 Å². The van der Waals surface area contributed by atoms with Crippen LogP contribution in [0.5, 0.6) is 0 Å². The van der Waals surface area contributed by atoms with Crippen LogP contribution in [0, 0.1) is 0 Å². The second kappa shape index (κ2) is 9.06. The minimum atomic E-state index is -0.177. The van der Waals surface area contributed by atoms with Gasteiger partial charge in [-0.2, -0.15) is 0 Å². The molecule has 0 saturated carbocycles. The summed E-state index contributed by atoms with van der Waals surface area (Å²) in [5.74, 6) is 1.36. The molecule has 0 aliphatic heterocycles. The smallest absolute Gasteiger partial charge is 0.268 e. The number of aromatic nitrogens is 2. The summed E-state index contributed by atoms with van der Waals surface area (Å²) in [6, 6.07) is 15.4. The molecule has 2 amide bonds. The van der Waals surface area contributed by atoms with Gasteiger partial charge < -0.3 is 10.6 Å². The summed E-state index contributed by atoms with van der Waals surface area (Å²) in [5, 5.41) is 9.53. The number of amides is 2. The third-order valence-corrected chi connectivity index (χ3v) is 6.40. The van der Waals surface area contributed by atoms with Crippen LogP contribution in [0.4, 0.5) is 11.6 Å². The molecule has 3 aromatic heterocycles. The van der Waals surface area contributed by atoms with E-state index < -0.39 is 0 Å². The number of nitrogens with one attached hydrogen (secondary N) is 2. The molecular formula is C22H18N4O2S2. The van der Waals surface area contributed by atoms with Gasteiger partial charge in [0.25, 0.3) is 5.91 Å². The Bertz CT molecular complexity index is 1220. The van der Waals surface area contributed by atoms with Crippen molar-refractivity contribution in [2.45, 2.75) is 17.6 Å². The molecule has 0 atom stereocenters. The number of hydrogen-bond donors (Lipinski definition) is 2. The molecule has 3 heterocycles. The molecule has 0 spiro atoms. The highest BCUT2D eigenvalue weighted by molar-refractivity contribution is 7.98. The maximum absolute atomic E-state index is 12.8. The van der Waals surface area contributed by atoms with Gasteiger partial charge in [-0.25, -0.2) is 9.97 Å². The highest BCUT2D eigenvalue weighted by Crippen LogP contribution is 2.31. The number of carbonyl (C=O) groups is 2. The number of thiophene rings is 1. The van der Waals surface area contributed by atoms with E-state index >= 15 is 0 Å². The number of anilines is 2. The lowest BCUT2D eigenvalue weighted by Crippen LogP contribution is -2.12. The summed E-state index contributed by atoms with van der Waals surface area (Å²) in [7, 11) is 0. The minimum Gasteiger partial charge on any atom is -0.311 e. The van der Waals surface area contributed by atoms with Gasteiger partial charge in [0.1, 0.15) is 16.5 Å². The Labute approximate surface area is 181 Å². The third-order valence-electron chi connectivity index (χ3n) is 4.23. The zero-order valence-corrected chi connectivity index (χ0v) is 17.7. The summed E-state index contributed by atoms with van der Waals surface area (Å²) in [6.45, 7) is 1.45. The van der Waals surface area contributed by atoms with Gasteiger partial charge in [-0.3, -0.25) is 9.59 Å². The van der Waals surface area contributed by atoms with Gasteiger partial charge in [0.2, 0.25) is 5.91 Å². The first-order valence-corrected chi connectivity index (χ1v) is 11.0. The van der Waals surface area contributed by atoms with Crippen molar-refractivity contribution in [1.29, 1.82) is 0 Å². The van der Waals surface area contributed by atoms with Crippen molar-refractivity contribution in [1.82, 2.24) is 9.97 Å². The van der Waals surface area contributed by atoms with Gasteiger partial charge in [-0.05, 0) is 40.6 Å². The number of benzene rings is 1. The first-order chi connectivity index (χ1) is 14.6. The second-order valence-electron chi connectivity index (χ2n) is 6.50. The number of hydrogen-bond acceptors (Lipinski definition) is 6. The maximum Gasteiger partial charge on any atom is 0.268 e. The summed E-state index contributed by atoms with van der Waals surface area (Å²) < 4.78 is 0. The van der Waals surface area contributed by atoms with Crippen LogP contribution >= 0.6 is 23.1 Å². The van der Waals surface area contributed by atoms with Gasteiger partial charge in [0.05, 0.1) is 0 Å². The molecule has 0 aliphatic rings. The standard InChI is InChI=1S/C22H18N4O2S2/c1-14(27)25-19-10-15(6-8-23-19)13-30-18-7-9-29-21(18)22(28)26-20-11-16-4-2-3-5-17(16)12-24-20/h2-12H,13H2,1H3,(H,23,25,27)(H,24,26,28). The normalized spacial score (nSPS) is 10.7. The van der Waals surface area contributed by atoms with Crippen molar-refractivity contribution in [2.75, 3.05) is 10.6 Å². The Balaban J connectivity index is 1.44. The Morgan fingerprint density at radius 3 is 2.63 bits per heavy atom. The van der Waals surface area contributed by atoms with Crippen molar-refractivity contribution in [3.63, 3.8) is 0 Å². The predicted molar refractivity (Wildman–Crippen MR) is 122 cm³/mol. The fraction of sp³-hybridized carbons (Fsp3) is 0.0909. The van der Waals surface area contributed by atoms with Gasteiger partial charge in [-0.1, -0.05) is 24.3 Å². The van der Waals surface area contributed by atoms with Crippen LogP contribution in [-0.2, 0) is 10.5 Å². The zero-order chi connectivity index (χ0) is 20.9. The molecule has 150 valence electrons. The predicted octanol–water partition coefficient (Wildman–Crippen LogP) is 5.19. The van der Waals surface area contributed by atoms with Crippen LogP contribution in [0.2, 0.25) is 0 Å². The van der Waals surface area contributed by atoms with Gasteiger partial charge in [0, 0.05) is 35.4 Å². The number of pyridine rings is 2. The van der Waals surface area contributed by atoms with Crippen LogP contribution < -0.4 is 10.6 Å². The van der Waals surface area contributed by atoms with Crippen molar-refractivity contribution < 1.29 is 9.59 Å². The number of thioether (sulfide) groups is 1. The monoisotopic (exact) mass is 434 g/mol. The van der Waals surface area contributed by atoms with E-state index in [9.17, 15) is 9.59 Å². The van der Waals surface area contributed by atoms with Crippen LogP contribution in [0.15, 0.2) is 71.2 Å². The average molecular weight is 435 g/mol. The van der Waals surface area contributed by atoms with Crippen molar-refractivity contribution >= 4 is 57.3 Å². The van der Waals surface area contributed by atoms with Gasteiger partial charge in [0.15, 0.2) is 0 Å². The molecule has 0 radical (unpaired) electrons. The highest BCUT2D eigenvalue weighted by Gasteiger charge is 2.15. The average Bonchev–Trinajstić information content (AvgIpc) is 3.21. The molecule has 30 heavy (non-hydrogen) atoms. The number of nitrogens with zero attached hydrogens (tertiary/aromatic N) is 2. The number of rotatable bonds is 6. The molecule has 1 aromatic carbocycles. The molecule has 6 nitrogen and oxygen atoms in total. The number of fused-ring (bicyclic) bond motifs is 1. The summed E-state index contributed by atoms with van der Waals surface area (Å²) in [6.07, 6.45) is 3.42. The largest absolute Gasteiger partial charge is 0.311 e. The van der Waals surface area contributed by atoms with Crippen LogP contribution in [0.25, 0.3) is 10.8 Å². The Kier molecular flexibility index (Phi) is 6.06. The van der Waals surface area contributed by atoms with Crippen molar-refractivity contribution in [3.8, 4) is 0 Å². The zero-order valence-electron chi connectivity index (χ0n) is 16.1. The lowest BCUT2D eigenvalue weighted by Gasteiger charge is -2.07. The molecule has 4 rings (SSSR count). The van der Waals surface area contributed by atoms with Crippen molar-refractivity contribution in [3.05, 3.63) is 76.7 Å². The molecule has 0 fully saturated rings. The van der Waals surface area contributed by atoms with E-state index in [4.69, 9.17) is 0 Å². The van der Waals surface area contributed by atoms with E-state index in [1.165, 1.54) is 18.3 Å². The quantitative estimate of drug-likeness (QED) is 0.408. The van der Waals surface area contributed by atoms with Gasteiger partial charge >= 0.3 is 0 Å². The van der Waals surface area contributed by atoms with E-state index in [0.717, 1.165) is 21.2 Å². The molecule has 0 bridgehead atoms. The topological polar surface area (TPSA) is 84.0 Å². The molecule has 4 aromatic rings. The summed E-state index contributed by atoms with van der Waals surface area (Å²) >= 11 is 2.96. The SMILES string of the molecule is CC(=O)Nc1cc(CSc2ccsc2C(=O)Nc2cc3ccccc3cn2)ccn1. The van der Waals surface area contributed by atoms with E-state index in [2.05, 4.69) is 20.6 Å². The fourth-order valence-electron chi connectivity index (χ4n) is 2.88. The number of carbonyl (C=O) groups excluding carboxylic acids is 2. The highest BCUT2D eigenvalue weighted by atomic mass is 32.2. The van der Waals surface area contributed by atoms with E-state index in [-0.39, 0.29) is 11.8 Å². The fourth-order valence-corrected chi connectivity index (χ4v) is 4.86. The molecule has 0 unspecified atom stereocenters. The molecule has 0 saturated heterocycles. The molecule has 0 aliphatic carbocycles. The first kappa shape index (κ1) is 20.1. The lowest BCUT2D eigenvalue weighted by atomic mass is 10.2. The second-order valence-corrected chi connectivity index (χ2v) is 8.44. The van der Waals surface area contributed by atoms with Crippen LogP contribution in [0.1, 0.15) is 22.2 Å². The lowest BCUT2D eigenvalue weighted by molar-refractivity contribution is -0.114. The van der Waals surface area contributed by atoms with Crippen LogP contribution in [-0.4, -0.2) is 21.8 Å². The van der Waals surface area contributed by atoms with Crippen LogP contribution in [0.3, 0.4) is 0 Å². The van der Waals surface area contributed by atoms with E-state index in [1.807, 2.05) is 53.9 Å². The molecular weight excluding hydrogens is 416 g/mol. The Morgan fingerprint density at radius 2 is 1.80 bits per heavy atom. The van der Waals surface area contributed by atoms with Crippen molar-refractivity contribution in [2.24, 2.45) is 0 Å². The summed E-state index contributed by atoms with van der Waals surface area (Å²) in [4.78, 5) is 34.0. The van der Waals surface area contributed by atoms with E-state index in [1.54, 1.807) is 24.2 Å². The molecule has 8 heteroatoms. The van der Waals surface area contributed by atoms with Gasteiger partial charge in [-0.15, -0.1) is 23.1 Å². The molecule has 2 N–H and O–H groups in total. The Hall–Kier alpha value is -3.23. The first-order valence-electron chi connectivity index (χ1n) is 9.17. The Morgan fingerprint density at radius 1 is 1.00 bits per heavy atom. The minimum absolute atomic E-state index is 0.161. The summed E-state index contributed by atoms with van der Waals surface area (Å²) in [5.41, 5.74) is 1.01. The maximum atomic E-state index is 12.8.